The van der Waals surface area contributed by atoms with Crippen molar-refractivity contribution < 1.29 is 22.9 Å². The maximum Gasteiger partial charge on any atom is 0.328 e. The molecule has 0 aliphatic rings. The van der Waals surface area contributed by atoms with E-state index in [-0.39, 0.29) is 0 Å². The molecule has 0 amide bonds. The van der Waals surface area contributed by atoms with Crippen molar-refractivity contribution in [2.45, 2.75) is 10.9 Å². The Balaban J connectivity index is 2.46. The zero-order chi connectivity index (χ0) is 17.7. The summed E-state index contributed by atoms with van der Waals surface area (Å²) in [5.74, 6) is -0.830. The Hall–Kier alpha value is -2.78. The molecule has 24 heavy (non-hydrogen) atoms. The van der Waals surface area contributed by atoms with Crippen molar-refractivity contribution in [1.29, 1.82) is 0 Å². The molecule has 2 aromatic rings. The molecule has 0 saturated heterocycles. The zero-order valence-corrected chi connectivity index (χ0v) is 13.4. The first-order valence-corrected chi connectivity index (χ1v) is 8.23. The fourth-order valence-corrected chi connectivity index (χ4v) is 3.41. The number of carbonyl (C=O) groups excluding carboxylic acids is 1. The van der Waals surface area contributed by atoms with Gasteiger partial charge in [-0.3, -0.25) is 10.1 Å². The summed E-state index contributed by atoms with van der Waals surface area (Å²) in [6.45, 7) is 0. The molecular formula is C15H14N2O6S. The molecule has 1 N–H and O–H groups in total. The van der Waals surface area contributed by atoms with Crippen LogP contribution in [0.3, 0.4) is 0 Å². The summed E-state index contributed by atoms with van der Waals surface area (Å²) in [6.07, 6.45) is 0. The number of ether oxygens (including phenoxy) is 1. The second-order valence-corrected chi connectivity index (χ2v) is 6.40. The average molecular weight is 350 g/mol. The van der Waals surface area contributed by atoms with Gasteiger partial charge < -0.3 is 4.74 Å². The predicted molar refractivity (Wildman–Crippen MR) is 84.6 cm³/mol. The van der Waals surface area contributed by atoms with Gasteiger partial charge in [0.05, 0.1) is 12.0 Å². The summed E-state index contributed by atoms with van der Waals surface area (Å²) in [4.78, 5) is 21.7. The first kappa shape index (κ1) is 17.6. The zero-order valence-electron chi connectivity index (χ0n) is 12.6. The van der Waals surface area contributed by atoms with Crippen LogP contribution >= 0.6 is 0 Å². The third-order valence-corrected chi connectivity index (χ3v) is 4.66. The van der Waals surface area contributed by atoms with E-state index in [1.165, 1.54) is 12.1 Å². The van der Waals surface area contributed by atoms with Crippen molar-refractivity contribution in [3.63, 3.8) is 0 Å². The highest BCUT2D eigenvalue weighted by molar-refractivity contribution is 7.89. The Kier molecular flexibility index (Phi) is 5.27. The van der Waals surface area contributed by atoms with Gasteiger partial charge in [0.1, 0.15) is 6.04 Å². The number of sulfonamides is 1. The molecule has 1 atom stereocenters. The first-order chi connectivity index (χ1) is 11.4. The topological polar surface area (TPSA) is 116 Å². The predicted octanol–water partition coefficient (Wildman–Crippen LogP) is 1.79. The molecule has 0 spiro atoms. The van der Waals surface area contributed by atoms with Gasteiger partial charge in [-0.25, -0.2) is 13.2 Å². The van der Waals surface area contributed by atoms with Crippen LogP contribution in [-0.4, -0.2) is 26.4 Å². The number of benzene rings is 2. The van der Waals surface area contributed by atoms with Crippen LogP contribution in [0.15, 0.2) is 59.5 Å². The lowest BCUT2D eigenvalue weighted by Crippen LogP contribution is -2.34. The molecule has 0 unspecified atom stereocenters. The fraction of sp³-hybridized carbons (Fsp3) is 0.133. The third-order valence-electron chi connectivity index (χ3n) is 3.19. The van der Waals surface area contributed by atoms with E-state index in [4.69, 9.17) is 0 Å². The largest absolute Gasteiger partial charge is 0.468 e. The Labute approximate surface area is 138 Å². The van der Waals surface area contributed by atoms with Crippen LogP contribution in [0, 0.1) is 10.1 Å². The van der Waals surface area contributed by atoms with Gasteiger partial charge in [-0.15, -0.1) is 0 Å². The highest BCUT2D eigenvalue weighted by atomic mass is 32.2. The van der Waals surface area contributed by atoms with Gasteiger partial charge in [0.2, 0.25) is 10.0 Å². The molecule has 0 aromatic heterocycles. The maximum absolute atomic E-state index is 12.5. The van der Waals surface area contributed by atoms with Gasteiger partial charge >= 0.3 is 5.97 Å². The van der Waals surface area contributed by atoms with Crippen molar-refractivity contribution in [2.75, 3.05) is 7.11 Å². The van der Waals surface area contributed by atoms with Gasteiger partial charge in [0.15, 0.2) is 4.90 Å². The van der Waals surface area contributed by atoms with Crippen molar-refractivity contribution in [1.82, 2.24) is 4.72 Å². The molecule has 0 radical (unpaired) electrons. The van der Waals surface area contributed by atoms with E-state index in [1.807, 2.05) is 0 Å². The van der Waals surface area contributed by atoms with Crippen molar-refractivity contribution in [2.24, 2.45) is 0 Å². The van der Waals surface area contributed by atoms with Crippen LogP contribution in [0.2, 0.25) is 0 Å². The molecule has 0 saturated carbocycles. The van der Waals surface area contributed by atoms with Gasteiger partial charge in [0, 0.05) is 6.07 Å². The monoisotopic (exact) mass is 350 g/mol. The van der Waals surface area contributed by atoms with Crippen LogP contribution < -0.4 is 4.72 Å². The second-order valence-electron chi connectivity index (χ2n) is 4.71. The van der Waals surface area contributed by atoms with Crippen molar-refractivity contribution >= 4 is 21.7 Å². The number of esters is 1. The van der Waals surface area contributed by atoms with E-state index in [2.05, 4.69) is 9.46 Å². The van der Waals surface area contributed by atoms with Crippen LogP contribution in [0.25, 0.3) is 0 Å². The molecule has 0 aliphatic carbocycles. The van der Waals surface area contributed by atoms with Crippen LogP contribution in [0.1, 0.15) is 11.6 Å². The number of nitrogens with one attached hydrogen (secondary N) is 1. The van der Waals surface area contributed by atoms with Gasteiger partial charge in [-0.2, -0.15) is 4.72 Å². The number of hydrogen-bond acceptors (Lipinski definition) is 6. The SMILES string of the molecule is COC(=O)[C@@H](NS(=O)(=O)c1ccccc1[N+](=O)[O-])c1ccccc1. The van der Waals surface area contributed by atoms with E-state index in [9.17, 15) is 23.3 Å². The second kappa shape index (κ2) is 7.20. The van der Waals surface area contributed by atoms with Gasteiger partial charge in [-0.05, 0) is 11.6 Å². The van der Waals surface area contributed by atoms with Crippen LogP contribution in [-0.2, 0) is 19.6 Å². The molecule has 0 aliphatic heterocycles. The number of nitro benzene ring substituents is 1. The van der Waals surface area contributed by atoms with Gasteiger partial charge in [0.25, 0.3) is 5.69 Å². The molecule has 0 heterocycles. The molecule has 2 aromatic carbocycles. The Morgan fingerprint density at radius 1 is 1.12 bits per heavy atom. The summed E-state index contributed by atoms with van der Waals surface area (Å²) in [6, 6.07) is 11.6. The van der Waals surface area contributed by atoms with Crippen molar-refractivity contribution in [3.8, 4) is 0 Å². The lowest BCUT2D eigenvalue weighted by Gasteiger charge is -2.17. The fourth-order valence-electron chi connectivity index (χ4n) is 2.07. The summed E-state index contributed by atoms with van der Waals surface area (Å²) in [7, 11) is -3.21. The Bertz CT molecular complexity index is 851. The van der Waals surface area contributed by atoms with E-state index in [1.54, 1.807) is 30.3 Å². The maximum atomic E-state index is 12.5. The van der Waals surface area contributed by atoms with Crippen LogP contribution in [0.4, 0.5) is 5.69 Å². The smallest absolute Gasteiger partial charge is 0.328 e. The van der Waals surface area contributed by atoms with Gasteiger partial charge in [-0.1, -0.05) is 42.5 Å². The Morgan fingerprint density at radius 2 is 1.71 bits per heavy atom. The number of methoxy groups -OCH3 is 1. The molecule has 9 heteroatoms. The summed E-state index contributed by atoms with van der Waals surface area (Å²) >= 11 is 0. The summed E-state index contributed by atoms with van der Waals surface area (Å²) in [5, 5.41) is 11.0. The van der Waals surface area contributed by atoms with E-state index < -0.39 is 37.5 Å². The lowest BCUT2D eigenvalue weighted by atomic mass is 10.1. The molecule has 0 fully saturated rings. The lowest BCUT2D eigenvalue weighted by molar-refractivity contribution is -0.387. The van der Waals surface area contributed by atoms with Crippen molar-refractivity contribution in [3.05, 3.63) is 70.3 Å². The number of rotatable bonds is 6. The molecule has 2 rings (SSSR count). The quantitative estimate of drug-likeness (QED) is 0.482. The van der Waals surface area contributed by atoms with E-state index in [0.717, 1.165) is 19.2 Å². The number of para-hydroxylation sites is 1. The Morgan fingerprint density at radius 3 is 2.29 bits per heavy atom. The highest BCUT2D eigenvalue weighted by Gasteiger charge is 2.31. The summed E-state index contributed by atoms with van der Waals surface area (Å²) in [5.41, 5.74) is -0.229. The minimum absolute atomic E-state index is 0.353. The number of nitrogens with zero attached hydrogens (tertiary/aromatic N) is 1. The highest BCUT2D eigenvalue weighted by Crippen LogP contribution is 2.25. The first-order valence-electron chi connectivity index (χ1n) is 6.75. The standard InChI is InChI=1S/C15H14N2O6S/c1-23-15(18)14(11-7-3-2-4-8-11)16-24(21,22)13-10-6-5-9-12(13)17(19)20/h2-10,14,16H,1H3/t14-/m0/s1. The normalized spacial score (nSPS) is 12.4. The molecule has 0 bridgehead atoms. The number of carbonyl (C=O) groups is 1. The third kappa shape index (κ3) is 3.76. The van der Waals surface area contributed by atoms with E-state index in [0.29, 0.717) is 5.56 Å². The number of nitro groups is 1. The molecular weight excluding hydrogens is 336 g/mol. The number of hydrogen-bond donors (Lipinski definition) is 1. The molecule has 126 valence electrons. The minimum atomic E-state index is -4.33. The minimum Gasteiger partial charge on any atom is -0.468 e. The summed E-state index contributed by atoms with van der Waals surface area (Å²) < 4.78 is 31.9. The van der Waals surface area contributed by atoms with Crippen LogP contribution in [0.5, 0.6) is 0 Å². The molecule has 8 nitrogen and oxygen atoms in total. The van der Waals surface area contributed by atoms with E-state index >= 15 is 0 Å². The average Bonchev–Trinajstić information content (AvgIpc) is 2.59.